The van der Waals surface area contributed by atoms with Crippen LogP contribution >= 0.6 is 0 Å². The van der Waals surface area contributed by atoms with E-state index in [1.54, 1.807) is 0 Å². The quantitative estimate of drug-likeness (QED) is 0.772. The molecule has 0 heterocycles. The average Bonchev–Trinajstić information content (AvgIpc) is 2.26. The van der Waals surface area contributed by atoms with Crippen molar-refractivity contribution in [2.24, 2.45) is 0 Å². The van der Waals surface area contributed by atoms with Crippen molar-refractivity contribution in [3.05, 3.63) is 29.1 Å². The number of aryl methyl sites for hydroxylation is 1. The molecule has 0 saturated heterocycles. The van der Waals surface area contributed by atoms with Gasteiger partial charge in [-0.1, -0.05) is 12.8 Å². The standard InChI is InChI=1S/C12H14FNO2S/c1-5-9-8-12(14(3)17(4,15)16)10(6-2)7-11(9)13/h1,7-8H,6H2,2-4H3. The van der Waals surface area contributed by atoms with Crippen LogP contribution in [0.2, 0.25) is 0 Å². The minimum Gasteiger partial charge on any atom is -0.273 e. The zero-order valence-electron chi connectivity index (χ0n) is 9.99. The van der Waals surface area contributed by atoms with Crippen LogP contribution in [0.1, 0.15) is 18.1 Å². The van der Waals surface area contributed by atoms with Crippen LogP contribution < -0.4 is 4.31 Å². The van der Waals surface area contributed by atoms with Crippen molar-refractivity contribution in [1.82, 2.24) is 0 Å². The second kappa shape index (κ2) is 4.76. The van der Waals surface area contributed by atoms with Crippen molar-refractivity contribution in [3.63, 3.8) is 0 Å². The lowest BCUT2D eigenvalue weighted by molar-refractivity contribution is 0.599. The van der Waals surface area contributed by atoms with E-state index in [0.29, 0.717) is 17.7 Å². The summed E-state index contributed by atoms with van der Waals surface area (Å²) in [4.78, 5) is 0. The van der Waals surface area contributed by atoms with Gasteiger partial charge in [-0.2, -0.15) is 0 Å². The molecule has 1 rings (SSSR count). The van der Waals surface area contributed by atoms with Gasteiger partial charge in [0.15, 0.2) is 0 Å². The summed E-state index contributed by atoms with van der Waals surface area (Å²) in [7, 11) is -1.97. The summed E-state index contributed by atoms with van der Waals surface area (Å²) in [5, 5.41) is 0. The fraction of sp³-hybridized carbons (Fsp3) is 0.333. The summed E-state index contributed by atoms with van der Waals surface area (Å²) in [5.41, 5.74) is 1.09. The molecule has 0 saturated carbocycles. The van der Waals surface area contributed by atoms with E-state index in [1.807, 2.05) is 6.92 Å². The van der Waals surface area contributed by atoms with Gasteiger partial charge in [0.05, 0.1) is 17.5 Å². The van der Waals surface area contributed by atoms with Crippen molar-refractivity contribution >= 4 is 15.7 Å². The zero-order valence-corrected chi connectivity index (χ0v) is 10.8. The third kappa shape index (κ3) is 2.77. The van der Waals surface area contributed by atoms with E-state index in [-0.39, 0.29) is 5.56 Å². The smallest absolute Gasteiger partial charge is 0.232 e. The number of halogens is 1. The van der Waals surface area contributed by atoms with E-state index >= 15 is 0 Å². The number of hydrogen-bond donors (Lipinski definition) is 0. The van der Waals surface area contributed by atoms with Crippen LogP contribution in [-0.4, -0.2) is 21.7 Å². The lowest BCUT2D eigenvalue weighted by Gasteiger charge is -2.20. The first-order valence-corrected chi connectivity index (χ1v) is 6.89. The molecule has 0 spiro atoms. The highest BCUT2D eigenvalue weighted by molar-refractivity contribution is 7.92. The van der Waals surface area contributed by atoms with Gasteiger partial charge in [0.25, 0.3) is 0 Å². The summed E-state index contributed by atoms with van der Waals surface area (Å²) in [5.74, 6) is 1.69. The molecular weight excluding hydrogens is 241 g/mol. The number of rotatable bonds is 3. The summed E-state index contributed by atoms with van der Waals surface area (Å²) in [6, 6.07) is 2.67. The van der Waals surface area contributed by atoms with E-state index in [2.05, 4.69) is 5.92 Å². The summed E-state index contributed by atoms with van der Waals surface area (Å²) in [6.07, 6.45) is 6.78. The molecule has 0 atom stereocenters. The Morgan fingerprint density at radius 1 is 1.47 bits per heavy atom. The fourth-order valence-electron chi connectivity index (χ4n) is 1.47. The summed E-state index contributed by atoms with van der Waals surface area (Å²) < 4.78 is 37.5. The molecule has 0 aliphatic rings. The van der Waals surface area contributed by atoms with Gasteiger partial charge in [0.1, 0.15) is 5.82 Å². The third-order valence-electron chi connectivity index (χ3n) is 2.54. The van der Waals surface area contributed by atoms with Crippen molar-refractivity contribution in [1.29, 1.82) is 0 Å². The van der Waals surface area contributed by atoms with Crippen LogP contribution in [0.4, 0.5) is 10.1 Å². The highest BCUT2D eigenvalue weighted by atomic mass is 32.2. The van der Waals surface area contributed by atoms with E-state index in [4.69, 9.17) is 6.42 Å². The molecule has 0 fully saturated rings. The Hall–Kier alpha value is -1.54. The monoisotopic (exact) mass is 255 g/mol. The average molecular weight is 255 g/mol. The largest absolute Gasteiger partial charge is 0.273 e. The molecule has 92 valence electrons. The van der Waals surface area contributed by atoms with Crippen molar-refractivity contribution in [2.75, 3.05) is 17.6 Å². The summed E-state index contributed by atoms with van der Waals surface area (Å²) >= 11 is 0. The van der Waals surface area contributed by atoms with Gasteiger partial charge >= 0.3 is 0 Å². The third-order valence-corrected chi connectivity index (χ3v) is 3.73. The Morgan fingerprint density at radius 2 is 2.06 bits per heavy atom. The topological polar surface area (TPSA) is 37.4 Å². The predicted molar refractivity (Wildman–Crippen MR) is 67.0 cm³/mol. The maximum atomic E-state index is 13.5. The molecule has 17 heavy (non-hydrogen) atoms. The molecule has 1 aromatic rings. The highest BCUT2D eigenvalue weighted by Gasteiger charge is 2.17. The van der Waals surface area contributed by atoms with E-state index in [9.17, 15) is 12.8 Å². The lowest BCUT2D eigenvalue weighted by atomic mass is 10.1. The molecule has 5 heteroatoms. The van der Waals surface area contributed by atoms with Gasteiger partial charge in [0, 0.05) is 7.05 Å². The van der Waals surface area contributed by atoms with Crippen LogP contribution in [-0.2, 0) is 16.4 Å². The Morgan fingerprint density at radius 3 is 2.47 bits per heavy atom. The SMILES string of the molecule is C#Cc1cc(N(C)S(C)(=O)=O)c(CC)cc1F. The molecule has 0 aromatic heterocycles. The van der Waals surface area contributed by atoms with Crippen molar-refractivity contribution in [2.45, 2.75) is 13.3 Å². The second-order valence-corrected chi connectivity index (χ2v) is 5.70. The lowest BCUT2D eigenvalue weighted by Crippen LogP contribution is -2.26. The highest BCUT2D eigenvalue weighted by Crippen LogP contribution is 2.25. The minimum atomic E-state index is -3.38. The first-order chi connectivity index (χ1) is 7.81. The van der Waals surface area contributed by atoms with Gasteiger partial charge in [-0.3, -0.25) is 4.31 Å². The number of hydrogen-bond acceptors (Lipinski definition) is 2. The molecule has 1 aromatic carbocycles. The van der Waals surface area contributed by atoms with Crippen LogP contribution in [0.25, 0.3) is 0 Å². The number of nitrogens with zero attached hydrogens (tertiary/aromatic N) is 1. The van der Waals surface area contributed by atoms with Crippen LogP contribution in [0.15, 0.2) is 12.1 Å². The zero-order chi connectivity index (χ0) is 13.2. The minimum absolute atomic E-state index is 0.0627. The van der Waals surface area contributed by atoms with Gasteiger partial charge in [-0.25, -0.2) is 12.8 Å². The number of benzene rings is 1. The van der Waals surface area contributed by atoms with Gasteiger partial charge in [-0.15, -0.1) is 6.42 Å². The Balaban J connectivity index is 3.47. The number of anilines is 1. The van der Waals surface area contributed by atoms with Crippen molar-refractivity contribution in [3.8, 4) is 12.3 Å². The summed E-state index contributed by atoms with van der Waals surface area (Å²) in [6.45, 7) is 1.82. The first kappa shape index (κ1) is 13.5. The van der Waals surface area contributed by atoms with Gasteiger partial charge in [0.2, 0.25) is 10.0 Å². The van der Waals surface area contributed by atoms with E-state index < -0.39 is 15.8 Å². The Bertz CT molecular complexity index is 573. The Labute approximate surface area is 101 Å². The second-order valence-electron chi connectivity index (χ2n) is 3.69. The normalized spacial score (nSPS) is 11.0. The molecule has 0 bridgehead atoms. The fourth-order valence-corrected chi connectivity index (χ4v) is 2.00. The molecular formula is C12H14FNO2S. The predicted octanol–water partition coefficient (Wildman–Crippen LogP) is 1.77. The maximum absolute atomic E-state index is 13.5. The van der Waals surface area contributed by atoms with Crippen LogP contribution in [0, 0.1) is 18.2 Å². The van der Waals surface area contributed by atoms with E-state index in [0.717, 1.165) is 10.6 Å². The van der Waals surface area contributed by atoms with Crippen LogP contribution in [0.3, 0.4) is 0 Å². The van der Waals surface area contributed by atoms with Gasteiger partial charge < -0.3 is 0 Å². The first-order valence-electron chi connectivity index (χ1n) is 5.04. The number of terminal acetylenes is 1. The molecule has 0 aliphatic heterocycles. The van der Waals surface area contributed by atoms with E-state index in [1.165, 1.54) is 19.2 Å². The maximum Gasteiger partial charge on any atom is 0.232 e. The van der Waals surface area contributed by atoms with Crippen molar-refractivity contribution < 1.29 is 12.8 Å². The van der Waals surface area contributed by atoms with Gasteiger partial charge in [-0.05, 0) is 24.1 Å². The van der Waals surface area contributed by atoms with Crippen LogP contribution in [0.5, 0.6) is 0 Å². The number of sulfonamides is 1. The molecule has 0 aliphatic carbocycles. The molecule has 0 N–H and O–H groups in total. The molecule has 0 unspecified atom stereocenters. The Kier molecular flexibility index (Phi) is 3.79. The molecule has 0 amide bonds. The molecule has 3 nitrogen and oxygen atoms in total. The molecule has 0 radical (unpaired) electrons.